The highest BCUT2D eigenvalue weighted by atomic mass is 32.2. The first-order chi connectivity index (χ1) is 9.37. The first-order valence-corrected chi connectivity index (χ1v) is 6.91. The van der Waals surface area contributed by atoms with Crippen LogP contribution >= 0.6 is 11.8 Å². The predicted molar refractivity (Wildman–Crippen MR) is 78.2 cm³/mol. The molecule has 0 aliphatic heterocycles. The zero-order valence-electron chi connectivity index (χ0n) is 11.8. The third kappa shape index (κ3) is 4.74. The minimum atomic E-state index is -1.03. The van der Waals surface area contributed by atoms with Gasteiger partial charge in [0, 0.05) is 18.7 Å². The van der Waals surface area contributed by atoms with Crippen LogP contribution in [0, 0.1) is 0 Å². The maximum absolute atomic E-state index is 11.2. The molecule has 1 aromatic carbocycles. The molecule has 0 saturated heterocycles. The molecule has 1 atom stereocenters. The van der Waals surface area contributed by atoms with Gasteiger partial charge in [0.05, 0.1) is 0 Å². The van der Waals surface area contributed by atoms with Gasteiger partial charge < -0.3 is 9.47 Å². The highest BCUT2D eigenvalue weighted by Gasteiger charge is 2.38. The Morgan fingerprint density at radius 1 is 1.20 bits per heavy atom. The van der Waals surface area contributed by atoms with Crippen molar-refractivity contribution in [1.82, 2.24) is 0 Å². The smallest absolute Gasteiger partial charge is 0.305 e. The van der Waals surface area contributed by atoms with E-state index in [1.54, 1.807) is 13.0 Å². The second-order valence-corrected chi connectivity index (χ2v) is 5.91. The number of carbonyl (C=O) groups excluding carboxylic acids is 2. The molecule has 0 amide bonds. The molecule has 0 aromatic heterocycles. The van der Waals surface area contributed by atoms with E-state index >= 15 is 0 Å². The quantitative estimate of drug-likeness (QED) is 0.349. The topological polar surface area (TPSA) is 52.6 Å². The minimum Gasteiger partial charge on any atom is -0.423 e. The Labute approximate surface area is 123 Å². The van der Waals surface area contributed by atoms with E-state index in [9.17, 15) is 9.59 Å². The summed E-state index contributed by atoms with van der Waals surface area (Å²) in [7, 11) is 0. The molecule has 0 heterocycles. The zero-order valence-corrected chi connectivity index (χ0v) is 12.6. The van der Waals surface area contributed by atoms with Crippen LogP contribution in [0.3, 0.4) is 0 Å². The van der Waals surface area contributed by atoms with Gasteiger partial charge in [0.1, 0.15) is 4.75 Å². The Morgan fingerprint density at radius 2 is 1.70 bits per heavy atom. The number of hydrogen-bond acceptors (Lipinski definition) is 5. The molecule has 0 N–H and O–H groups in total. The molecule has 0 radical (unpaired) electrons. The summed E-state index contributed by atoms with van der Waals surface area (Å²) in [4.78, 5) is 23.3. The van der Waals surface area contributed by atoms with Gasteiger partial charge in [0.25, 0.3) is 6.29 Å². The van der Waals surface area contributed by atoms with E-state index in [0.29, 0.717) is 0 Å². The summed E-state index contributed by atoms with van der Waals surface area (Å²) in [5.74, 6) is -1.03. The molecule has 20 heavy (non-hydrogen) atoms. The Morgan fingerprint density at radius 3 is 2.10 bits per heavy atom. The summed E-state index contributed by atoms with van der Waals surface area (Å²) in [5, 5.41) is 0. The van der Waals surface area contributed by atoms with E-state index < -0.39 is 23.0 Å². The maximum atomic E-state index is 11.2. The SMILES string of the molecule is C=CC(C)(Sc1ccccc1)C(OC(C)=O)OC(C)=O. The lowest BCUT2D eigenvalue weighted by Crippen LogP contribution is -2.40. The summed E-state index contributed by atoms with van der Waals surface area (Å²) in [5.41, 5.74) is 0. The molecule has 1 rings (SSSR count). The summed E-state index contributed by atoms with van der Waals surface area (Å²) in [6.45, 7) is 8.10. The van der Waals surface area contributed by atoms with Crippen molar-refractivity contribution in [3.05, 3.63) is 43.0 Å². The average Bonchev–Trinajstić information content (AvgIpc) is 2.38. The number of esters is 2. The van der Waals surface area contributed by atoms with Gasteiger partial charge in [-0.2, -0.15) is 0 Å². The predicted octanol–water partition coefficient (Wildman–Crippen LogP) is 3.18. The highest BCUT2D eigenvalue weighted by Crippen LogP contribution is 2.38. The van der Waals surface area contributed by atoms with Crippen LogP contribution in [-0.4, -0.2) is 23.0 Å². The average molecular weight is 294 g/mol. The van der Waals surface area contributed by atoms with Crippen molar-refractivity contribution < 1.29 is 19.1 Å². The van der Waals surface area contributed by atoms with E-state index in [1.807, 2.05) is 30.3 Å². The molecule has 4 nitrogen and oxygen atoms in total. The van der Waals surface area contributed by atoms with Gasteiger partial charge in [0.2, 0.25) is 0 Å². The van der Waals surface area contributed by atoms with Crippen molar-refractivity contribution in [2.45, 2.75) is 36.7 Å². The van der Waals surface area contributed by atoms with E-state index in [0.717, 1.165) is 4.90 Å². The van der Waals surface area contributed by atoms with Crippen LogP contribution in [0.1, 0.15) is 20.8 Å². The lowest BCUT2D eigenvalue weighted by Gasteiger charge is -2.32. The molecular weight excluding hydrogens is 276 g/mol. The van der Waals surface area contributed by atoms with Crippen molar-refractivity contribution in [1.29, 1.82) is 0 Å². The first-order valence-electron chi connectivity index (χ1n) is 6.09. The molecule has 0 saturated carbocycles. The maximum Gasteiger partial charge on any atom is 0.305 e. The molecule has 108 valence electrons. The fourth-order valence-electron chi connectivity index (χ4n) is 1.49. The fraction of sp³-hybridized carbons (Fsp3) is 0.333. The number of thioether (sulfide) groups is 1. The summed E-state index contributed by atoms with van der Waals surface area (Å²) >= 11 is 1.41. The van der Waals surface area contributed by atoms with Crippen molar-refractivity contribution >= 4 is 23.7 Å². The molecule has 0 fully saturated rings. The van der Waals surface area contributed by atoms with Gasteiger partial charge in [0.15, 0.2) is 0 Å². The van der Waals surface area contributed by atoms with Gasteiger partial charge in [-0.1, -0.05) is 24.3 Å². The van der Waals surface area contributed by atoms with E-state index in [4.69, 9.17) is 9.47 Å². The summed E-state index contributed by atoms with van der Waals surface area (Å²) in [6, 6.07) is 9.55. The molecule has 1 unspecified atom stereocenters. The van der Waals surface area contributed by atoms with Gasteiger partial charge >= 0.3 is 11.9 Å². The molecular formula is C15H18O4S. The van der Waals surface area contributed by atoms with Crippen LogP contribution in [-0.2, 0) is 19.1 Å². The van der Waals surface area contributed by atoms with Gasteiger partial charge in [-0.05, 0) is 19.1 Å². The van der Waals surface area contributed by atoms with Crippen LogP contribution in [0.4, 0.5) is 0 Å². The van der Waals surface area contributed by atoms with Crippen LogP contribution in [0.15, 0.2) is 47.9 Å². The fourth-order valence-corrected chi connectivity index (χ4v) is 2.56. The molecule has 0 spiro atoms. The lowest BCUT2D eigenvalue weighted by molar-refractivity contribution is -0.187. The summed E-state index contributed by atoms with van der Waals surface area (Å²) < 4.78 is 9.45. The number of hydrogen-bond donors (Lipinski definition) is 0. The van der Waals surface area contributed by atoms with Gasteiger partial charge in [-0.3, -0.25) is 9.59 Å². The van der Waals surface area contributed by atoms with Crippen LogP contribution in [0.5, 0.6) is 0 Å². The Bertz CT molecular complexity index is 470. The normalized spacial score (nSPS) is 13.4. The van der Waals surface area contributed by atoms with Gasteiger partial charge in [-0.15, -0.1) is 18.3 Å². The highest BCUT2D eigenvalue weighted by molar-refractivity contribution is 8.00. The molecule has 0 aliphatic rings. The standard InChI is InChI=1S/C15H18O4S/c1-5-15(4,20-13-9-7-6-8-10-13)14(18-11(2)16)19-12(3)17/h5-10,14H,1H2,2-4H3. The first kappa shape index (κ1) is 16.3. The van der Waals surface area contributed by atoms with E-state index in [2.05, 4.69) is 6.58 Å². The van der Waals surface area contributed by atoms with Crippen LogP contribution in [0.25, 0.3) is 0 Å². The number of carbonyl (C=O) groups is 2. The van der Waals surface area contributed by atoms with Crippen LogP contribution in [0.2, 0.25) is 0 Å². The molecule has 5 heteroatoms. The number of benzene rings is 1. The Kier molecular flexibility index (Phi) is 5.82. The molecule has 1 aromatic rings. The van der Waals surface area contributed by atoms with Crippen LogP contribution < -0.4 is 0 Å². The number of rotatable bonds is 6. The second kappa shape index (κ2) is 7.14. The van der Waals surface area contributed by atoms with Crippen molar-refractivity contribution in [2.24, 2.45) is 0 Å². The largest absolute Gasteiger partial charge is 0.423 e. The van der Waals surface area contributed by atoms with E-state index in [-0.39, 0.29) is 0 Å². The Hall–Kier alpha value is -1.75. The molecule has 0 aliphatic carbocycles. The third-order valence-corrected chi connectivity index (χ3v) is 3.81. The number of ether oxygens (including phenoxy) is 2. The van der Waals surface area contributed by atoms with Crippen molar-refractivity contribution in [2.75, 3.05) is 0 Å². The minimum absolute atomic E-state index is 0.516. The molecule has 0 bridgehead atoms. The van der Waals surface area contributed by atoms with Crippen molar-refractivity contribution in [3.8, 4) is 0 Å². The van der Waals surface area contributed by atoms with E-state index in [1.165, 1.54) is 25.6 Å². The monoisotopic (exact) mass is 294 g/mol. The van der Waals surface area contributed by atoms with Crippen molar-refractivity contribution in [3.63, 3.8) is 0 Å². The second-order valence-electron chi connectivity index (χ2n) is 4.35. The zero-order chi connectivity index (χ0) is 15.2. The Balaban J connectivity index is 2.99. The van der Waals surface area contributed by atoms with Gasteiger partial charge in [-0.25, -0.2) is 0 Å². The lowest BCUT2D eigenvalue weighted by atomic mass is 10.1. The summed E-state index contributed by atoms with van der Waals surface area (Å²) in [6.07, 6.45) is 0.585. The third-order valence-electron chi connectivity index (χ3n) is 2.50.